The van der Waals surface area contributed by atoms with Gasteiger partial charge in [-0.25, -0.2) is 0 Å². The first-order valence-corrected chi connectivity index (χ1v) is 15.0. The van der Waals surface area contributed by atoms with Crippen LogP contribution >= 0.6 is 0 Å². The van der Waals surface area contributed by atoms with Crippen LogP contribution in [0.4, 0.5) is 0 Å². The molecule has 11 heteroatoms. The number of benzene rings is 2. The van der Waals surface area contributed by atoms with Crippen LogP contribution in [0.3, 0.4) is 0 Å². The van der Waals surface area contributed by atoms with Crippen LogP contribution in [0.1, 0.15) is 95.0 Å². The van der Waals surface area contributed by atoms with Crippen LogP contribution in [-0.2, 0) is 15.9 Å². The van der Waals surface area contributed by atoms with Gasteiger partial charge in [0.1, 0.15) is 17.2 Å². The Morgan fingerprint density at radius 2 is 1.74 bits per heavy atom. The fourth-order valence-corrected chi connectivity index (χ4v) is 7.29. The molecule has 2 aromatic carbocycles. The largest absolute Gasteiger partial charge is 0.507 e. The molecule has 2 fully saturated rings. The summed E-state index contributed by atoms with van der Waals surface area (Å²) in [7, 11) is 1.37. The lowest BCUT2D eigenvalue weighted by atomic mass is 9.71. The van der Waals surface area contributed by atoms with E-state index in [0.29, 0.717) is 6.42 Å². The summed E-state index contributed by atoms with van der Waals surface area (Å²) >= 11 is 0. The van der Waals surface area contributed by atoms with E-state index in [4.69, 9.17) is 14.2 Å². The number of likely N-dealkylation sites (tertiary alicyclic amines) is 1. The van der Waals surface area contributed by atoms with E-state index in [-0.39, 0.29) is 58.0 Å². The fraction of sp³-hybridized carbons (Fsp3) is 0.562. The van der Waals surface area contributed by atoms with E-state index in [0.717, 1.165) is 32.4 Å². The number of ketones is 2. The Balaban J connectivity index is 1.44. The van der Waals surface area contributed by atoms with Crippen LogP contribution in [0, 0.1) is 0 Å². The molecule has 5 unspecified atom stereocenters. The lowest BCUT2D eigenvalue weighted by Crippen LogP contribution is -2.56. The third-order valence-electron chi connectivity index (χ3n) is 9.73. The van der Waals surface area contributed by atoms with Crippen molar-refractivity contribution in [3.63, 3.8) is 0 Å². The number of aliphatic hydroxyl groups excluding tert-OH is 2. The second kappa shape index (κ2) is 11.1. The zero-order valence-corrected chi connectivity index (χ0v) is 24.6. The molecule has 6 rings (SSSR count). The summed E-state index contributed by atoms with van der Waals surface area (Å²) in [6, 6.07) is 4.30. The summed E-state index contributed by atoms with van der Waals surface area (Å²) in [6.07, 6.45) is -1.55. The predicted octanol–water partition coefficient (Wildman–Crippen LogP) is 2.35. The van der Waals surface area contributed by atoms with Crippen molar-refractivity contribution < 1.29 is 49.3 Å². The highest BCUT2D eigenvalue weighted by Gasteiger charge is 2.49. The first kappa shape index (κ1) is 30.0. The Kier molecular flexibility index (Phi) is 7.77. The zero-order valence-electron chi connectivity index (χ0n) is 24.6. The molecule has 2 saturated heterocycles. The lowest BCUT2D eigenvalue weighted by molar-refractivity contribution is -0.262. The quantitative estimate of drug-likeness (QED) is 0.274. The minimum absolute atomic E-state index is 0.0138. The maximum atomic E-state index is 13.8. The van der Waals surface area contributed by atoms with Gasteiger partial charge in [-0.2, -0.15) is 0 Å². The van der Waals surface area contributed by atoms with E-state index in [1.165, 1.54) is 26.2 Å². The van der Waals surface area contributed by atoms with Crippen molar-refractivity contribution >= 4 is 11.6 Å². The molecule has 0 spiro atoms. The number of fused-ring (bicyclic) bond motifs is 3. The molecule has 2 heterocycles. The number of aliphatic hydroxyl groups is 3. The van der Waals surface area contributed by atoms with E-state index in [9.17, 15) is 35.1 Å². The molecule has 2 aliphatic carbocycles. The molecule has 2 aliphatic heterocycles. The Morgan fingerprint density at radius 3 is 2.42 bits per heavy atom. The van der Waals surface area contributed by atoms with Gasteiger partial charge in [0.25, 0.3) is 0 Å². The van der Waals surface area contributed by atoms with Gasteiger partial charge in [0.05, 0.1) is 53.8 Å². The average molecular weight is 598 g/mol. The number of ether oxygens (including phenoxy) is 3. The molecule has 43 heavy (non-hydrogen) atoms. The van der Waals surface area contributed by atoms with Crippen molar-refractivity contribution in [3.8, 4) is 17.2 Å². The van der Waals surface area contributed by atoms with E-state index in [1.807, 2.05) is 0 Å². The minimum Gasteiger partial charge on any atom is -0.507 e. The number of nitrogens with zero attached hydrogens (tertiary/aromatic N) is 1. The van der Waals surface area contributed by atoms with E-state index in [2.05, 4.69) is 4.90 Å². The topological polar surface area (TPSA) is 166 Å². The second-order valence-corrected chi connectivity index (χ2v) is 12.3. The zero-order chi connectivity index (χ0) is 30.8. The second-order valence-electron chi connectivity index (χ2n) is 12.3. The molecule has 232 valence electrons. The Morgan fingerprint density at radius 1 is 1.05 bits per heavy atom. The number of phenols is 2. The first-order valence-electron chi connectivity index (χ1n) is 15.0. The summed E-state index contributed by atoms with van der Waals surface area (Å²) in [6.45, 7) is 4.86. The number of hydrogen-bond donors (Lipinski definition) is 5. The maximum absolute atomic E-state index is 13.8. The number of phenolic OH excluding ortho intramolecular Hbond substituents is 2. The van der Waals surface area contributed by atoms with E-state index >= 15 is 0 Å². The molecule has 11 nitrogen and oxygen atoms in total. The van der Waals surface area contributed by atoms with Gasteiger partial charge in [0.2, 0.25) is 5.78 Å². The molecule has 0 amide bonds. The Hall–Kier alpha value is -3.06. The van der Waals surface area contributed by atoms with Crippen LogP contribution in [0.2, 0.25) is 0 Å². The molecule has 5 N–H and O–H groups in total. The molecule has 2 aromatic rings. The fourth-order valence-electron chi connectivity index (χ4n) is 7.29. The summed E-state index contributed by atoms with van der Waals surface area (Å²) in [5.74, 6) is -2.30. The lowest BCUT2D eigenvalue weighted by Gasteiger charge is -2.46. The summed E-state index contributed by atoms with van der Waals surface area (Å²) in [5, 5.41) is 56.3. The van der Waals surface area contributed by atoms with Crippen LogP contribution < -0.4 is 4.74 Å². The summed E-state index contributed by atoms with van der Waals surface area (Å²) < 4.78 is 17.8. The smallest absolute Gasteiger partial charge is 0.202 e. The normalized spacial score (nSPS) is 31.6. The highest BCUT2D eigenvalue weighted by Crippen LogP contribution is 2.53. The van der Waals surface area contributed by atoms with Crippen molar-refractivity contribution in [3.05, 3.63) is 51.6 Å². The van der Waals surface area contributed by atoms with Gasteiger partial charge in [-0.3, -0.25) is 14.5 Å². The predicted molar refractivity (Wildman–Crippen MR) is 153 cm³/mol. The number of aromatic hydroxyl groups is 2. The van der Waals surface area contributed by atoms with Gasteiger partial charge >= 0.3 is 0 Å². The third kappa shape index (κ3) is 4.83. The summed E-state index contributed by atoms with van der Waals surface area (Å²) in [5.41, 5.74) is -2.45. The van der Waals surface area contributed by atoms with Gasteiger partial charge in [-0.05, 0) is 45.8 Å². The van der Waals surface area contributed by atoms with Crippen molar-refractivity contribution in [2.75, 3.05) is 20.2 Å². The molecule has 0 bridgehead atoms. The average Bonchev–Trinajstić information content (AvgIpc) is 2.99. The molecular weight excluding hydrogens is 558 g/mol. The highest BCUT2D eigenvalue weighted by molar-refractivity contribution is 6.31. The molecule has 0 radical (unpaired) electrons. The monoisotopic (exact) mass is 597 g/mol. The number of methoxy groups -OCH3 is 1. The number of hydrogen-bond acceptors (Lipinski definition) is 11. The molecule has 0 aromatic heterocycles. The third-order valence-corrected chi connectivity index (χ3v) is 9.73. The van der Waals surface area contributed by atoms with Crippen molar-refractivity contribution in [2.45, 2.75) is 94.7 Å². The van der Waals surface area contributed by atoms with Crippen molar-refractivity contribution in [2.24, 2.45) is 0 Å². The van der Waals surface area contributed by atoms with E-state index < -0.39 is 59.4 Å². The SMILES string of the molecule is COc1cccc2c1C(=O)c1c(O)c3c(c(O)c1C2=O)C[C@@](O)(C(C)O)C[C@@H]3OC1CC(N2CCCCC2)C(O)C(C)O1. The van der Waals surface area contributed by atoms with Gasteiger partial charge in [0.15, 0.2) is 12.1 Å². The highest BCUT2D eigenvalue weighted by atomic mass is 16.7. The molecule has 4 aliphatic rings. The van der Waals surface area contributed by atoms with Crippen LogP contribution in [0.5, 0.6) is 17.2 Å². The number of carbonyl (C=O) groups excluding carboxylic acids is 2. The molecule has 0 saturated carbocycles. The molecular formula is C32H39NO10. The standard InChI is InChI=1S/C32H39NO10/c1-15-27(35)19(33-10-5-4-6-11-33)12-22(42-15)43-21-14-32(40,16(2)34)13-18-24(21)31(39)26-25(29(18)37)28(36)17-8-7-9-20(41-3)23(17)30(26)38/h7-9,15-16,19,21-22,27,34-35,37,39-40H,4-6,10-14H2,1-3H3/t15?,16?,19?,21-,22?,27?,32-/m0/s1. The van der Waals surface area contributed by atoms with Gasteiger partial charge in [-0.15, -0.1) is 0 Å². The van der Waals surface area contributed by atoms with Crippen LogP contribution in [0.15, 0.2) is 18.2 Å². The Labute approximate surface area is 249 Å². The molecule has 7 atom stereocenters. The Bertz CT molecular complexity index is 1450. The van der Waals surface area contributed by atoms with Crippen LogP contribution in [0.25, 0.3) is 0 Å². The van der Waals surface area contributed by atoms with Gasteiger partial charge < -0.3 is 39.7 Å². The number of piperidine rings is 1. The van der Waals surface area contributed by atoms with Gasteiger partial charge in [-0.1, -0.05) is 18.6 Å². The van der Waals surface area contributed by atoms with Crippen molar-refractivity contribution in [1.82, 2.24) is 4.90 Å². The number of carbonyl (C=O) groups is 2. The summed E-state index contributed by atoms with van der Waals surface area (Å²) in [4.78, 5) is 29.7. The maximum Gasteiger partial charge on any atom is 0.202 e. The minimum atomic E-state index is -1.79. The first-order chi connectivity index (χ1) is 20.5. The van der Waals surface area contributed by atoms with Crippen LogP contribution in [-0.4, -0.2) is 98.4 Å². The van der Waals surface area contributed by atoms with Gasteiger partial charge in [0, 0.05) is 42.0 Å². The van der Waals surface area contributed by atoms with Crippen molar-refractivity contribution in [1.29, 1.82) is 0 Å². The number of rotatable bonds is 5. The van der Waals surface area contributed by atoms with E-state index in [1.54, 1.807) is 13.0 Å².